The third-order valence-corrected chi connectivity index (χ3v) is 7.37. The van der Waals surface area contributed by atoms with E-state index in [2.05, 4.69) is 20.1 Å². The Bertz CT molecular complexity index is 1630. The average molecular weight is 802 g/mol. The van der Waals surface area contributed by atoms with Crippen molar-refractivity contribution in [1.82, 2.24) is 10.6 Å². The minimum atomic E-state index is -0.874. The van der Waals surface area contributed by atoms with Gasteiger partial charge in [0.1, 0.15) is 35.9 Å². The maximum absolute atomic E-state index is 12.7. The minimum Gasteiger partial charge on any atom is -0.490 e. The van der Waals surface area contributed by atoms with Gasteiger partial charge < -0.3 is 39.1 Å². The summed E-state index contributed by atoms with van der Waals surface area (Å²) in [4.78, 5) is 71.3. The zero-order valence-electron chi connectivity index (χ0n) is 30.8. The largest absolute Gasteiger partial charge is 0.490 e. The zero-order valence-corrected chi connectivity index (χ0v) is 32.3. The molecule has 0 aliphatic heterocycles. The van der Waals surface area contributed by atoms with Crippen molar-refractivity contribution in [3.63, 3.8) is 0 Å². The van der Waals surface area contributed by atoms with E-state index in [1.54, 1.807) is 53.7 Å². The second kappa shape index (κ2) is 19.6. The lowest BCUT2D eigenvalue weighted by Gasteiger charge is -2.24. The smallest absolute Gasteiger partial charge is 0.408 e. The molecule has 2 amide bonds. The highest BCUT2D eigenvalue weighted by atomic mass is 35.5. The summed E-state index contributed by atoms with van der Waals surface area (Å²) in [5.74, 6) is -2.19. The van der Waals surface area contributed by atoms with Crippen LogP contribution in [-0.2, 0) is 18.9 Å². The standard InChI is InChI=1S/C34H42Cl2N4O14/c1-33(2,3)53-31(43)37-21(17-51-25-15-19(29(41)49-7)13-23(27(25)35)39(45)46)11-9-10-12-22(38-32(44)54-34(4,5)6)18-52-26-16-20(30(42)50-8)14-24(28(26)36)40(47)48/h9-10,13-16,21-22H,11-12,17-18H2,1-8H3,(H,37,43)(H,38,44)/b10-9-/t21-,22-/m0/s1. The molecule has 296 valence electrons. The van der Waals surface area contributed by atoms with Crippen LogP contribution in [0, 0.1) is 20.2 Å². The molecule has 0 aliphatic carbocycles. The number of alkyl carbamates (subject to hydrolysis) is 2. The number of esters is 2. The summed E-state index contributed by atoms with van der Waals surface area (Å²) in [7, 11) is 2.19. The third kappa shape index (κ3) is 14.6. The number of carbonyl (C=O) groups excluding carboxylic acids is 4. The van der Waals surface area contributed by atoms with E-state index in [-0.39, 0.29) is 48.7 Å². The number of nitro benzene ring substituents is 2. The number of amides is 2. The number of ether oxygens (including phenoxy) is 6. The fourth-order valence-corrected chi connectivity index (χ4v) is 4.77. The van der Waals surface area contributed by atoms with Gasteiger partial charge in [-0.1, -0.05) is 35.4 Å². The van der Waals surface area contributed by atoms with E-state index < -0.39 is 78.7 Å². The van der Waals surface area contributed by atoms with Crippen LogP contribution in [0.1, 0.15) is 75.1 Å². The first kappa shape index (κ1) is 44.8. The van der Waals surface area contributed by atoms with Gasteiger partial charge in [-0.2, -0.15) is 0 Å². The molecule has 0 radical (unpaired) electrons. The quantitative estimate of drug-likeness (QED) is 0.0574. The summed E-state index contributed by atoms with van der Waals surface area (Å²) >= 11 is 12.4. The van der Waals surface area contributed by atoms with Gasteiger partial charge in [-0.3, -0.25) is 20.2 Å². The number of methoxy groups -OCH3 is 2. The molecule has 2 rings (SSSR count). The van der Waals surface area contributed by atoms with Gasteiger partial charge in [0.2, 0.25) is 0 Å². The van der Waals surface area contributed by atoms with E-state index >= 15 is 0 Å². The number of carbonyl (C=O) groups is 4. The molecule has 0 saturated carbocycles. The van der Waals surface area contributed by atoms with E-state index in [1.165, 1.54) is 0 Å². The maximum atomic E-state index is 12.7. The van der Waals surface area contributed by atoms with Crippen LogP contribution < -0.4 is 20.1 Å². The summed E-state index contributed by atoms with van der Waals surface area (Å²) in [6.45, 7) is 9.35. The first-order valence-corrected chi connectivity index (χ1v) is 16.8. The van der Waals surface area contributed by atoms with Crippen molar-refractivity contribution < 1.29 is 57.4 Å². The van der Waals surface area contributed by atoms with Crippen LogP contribution >= 0.6 is 23.2 Å². The van der Waals surface area contributed by atoms with Crippen molar-refractivity contribution in [2.75, 3.05) is 27.4 Å². The first-order valence-electron chi connectivity index (χ1n) is 16.1. The molecule has 20 heteroatoms. The molecular weight excluding hydrogens is 759 g/mol. The van der Waals surface area contributed by atoms with Crippen molar-refractivity contribution in [1.29, 1.82) is 0 Å². The van der Waals surface area contributed by atoms with Crippen molar-refractivity contribution in [3.05, 3.63) is 77.8 Å². The molecule has 2 aromatic rings. The maximum Gasteiger partial charge on any atom is 0.408 e. The Kier molecular flexibility index (Phi) is 16.3. The van der Waals surface area contributed by atoms with Crippen LogP contribution in [0.5, 0.6) is 11.5 Å². The lowest BCUT2D eigenvalue weighted by molar-refractivity contribution is -0.384. The summed E-state index contributed by atoms with van der Waals surface area (Å²) in [6.07, 6.45) is 1.80. The molecule has 0 heterocycles. The second-order valence-electron chi connectivity index (χ2n) is 13.4. The number of hydrogen-bond donors (Lipinski definition) is 2. The molecule has 0 spiro atoms. The van der Waals surface area contributed by atoms with Gasteiger partial charge in [0.15, 0.2) is 10.0 Å². The van der Waals surface area contributed by atoms with Crippen LogP contribution in [0.15, 0.2) is 36.4 Å². The minimum absolute atomic E-state index is 0.0782. The van der Waals surface area contributed by atoms with Crippen molar-refractivity contribution in [2.24, 2.45) is 0 Å². The number of rotatable bonds is 16. The normalized spacial score (nSPS) is 12.6. The Morgan fingerprint density at radius 3 is 1.30 bits per heavy atom. The summed E-state index contributed by atoms with van der Waals surface area (Å²) in [6, 6.07) is 2.55. The molecule has 0 saturated heterocycles. The van der Waals surface area contributed by atoms with Gasteiger partial charge in [-0.05, 0) is 66.5 Å². The number of halogens is 2. The van der Waals surface area contributed by atoms with Gasteiger partial charge in [0, 0.05) is 12.1 Å². The molecule has 54 heavy (non-hydrogen) atoms. The van der Waals surface area contributed by atoms with Crippen LogP contribution in [-0.4, -0.2) is 84.7 Å². The fraction of sp³-hybridized carbons (Fsp3) is 0.471. The molecule has 2 N–H and O–H groups in total. The van der Waals surface area contributed by atoms with Gasteiger partial charge in [-0.15, -0.1) is 0 Å². The zero-order chi connectivity index (χ0) is 41.0. The number of benzene rings is 2. The highest BCUT2D eigenvalue weighted by molar-refractivity contribution is 6.34. The topological polar surface area (TPSA) is 234 Å². The van der Waals surface area contributed by atoms with Crippen molar-refractivity contribution in [3.8, 4) is 11.5 Å². The number of hydrogen-bond acceptors (Lipinski definition) is 14. The Balaban J connectivity index is 2.36. The molecule has 0 aromatic heterocycles. The lowest BCUT2D eigenvalue weighted by Crippen LogP contribution is -2.42. The average Bonchev–Trinajstić information content (AvgIpc) is 3.05. The predicted molar refractivity (Wildman–Crippen MR) is 195 cm³/mol. The SMILES string of the molecule is COC(=O)c1cc(OC[C@H](C/C=C\C[C@@H](COc2cc(C(=O)OC)cc([N+](=O)[O-])c2Cl)NC(=O)OC(C)(C)C)NC(=O)OC(C)(C)C)c(Cl)c([N+](=O)[O-])c1. The molecule has 2 aromatic carbocycles. The van der Waals surface area contributed by atoms with Crippen LogP contribution in [0.25, 0.3) is 0 Å². The summed E-state index contributed by atoms with van der Waals surface area (Å²) in [5, 5.41) is 27.7. The Labute approximate surface area is 320 Å². The molecule has 0 unspecified atom stereocenters. The van der Waals surface area contributed by atoms with Gasteiger partial charge in [0.05, 0.1) is 47.3 Å². The Hall–Kier alpha value is -5.36. The lowest BCUT2D eigenvalue weighted by atomic mass is 10.1. The molecule has 0 bridgehead atoms. The van der Waals surface area contributed by atoms with Crippen LogP contribution in [0.3, 0.4) is 0 Å². The molecule has 18 nitrogen and oxygen atoms in total. The predicted octanol–water partition coefficient (Wildman–Crippen LogP) is 6.96. The van der Waals surface area contributed by atoms with E-state index in [0.717, 1.165) is 38.5 Å². The van der Waals surface area contributed by atoms with Gasteiger partial charge in [0.25, 0.3) is 11.4 Å². The van der Waals surface area contributed by atoms with Crippen LogP contribution in [0.2, 0.25) is 10.0 Å². The number of nitro groups is 2. The highest BCUT2D eigenvalue weighted by Crippen LogP contribution is 2.37. The Morgan fingerprint density at radius 1 is 0.685 bits per heavy atom. The monoisotopic (exact) mass is 800 g/mol. The van der Waals surface area contributed by atoms with E-state index in [4.69, 9.17) is 42.1 Å². The molecule has 2 atom stereocenters. The van der Waals surface area contributed by atoms with Crippen molar-refractivity contribution >= 4 is 58.7 Å². The van der Waals surface area contributed by atoms with E-state index in [1.807, 2.05) is 0 Å². The summed E-state index contributed by atoms with van der Waals surface area (Å²) < 4.78 is 31.6. The number of nitrogens with zero attached hydrogens (tertiary/aromatic N) is 2. The van der Waals surface area contributed by atoms with Crippen LogP contribution in [0.4, 0.5) is 21.0 Å². The Morgan fingerprint density at radius 2 is 1.02 bits per heavy atom. The molecule has 0 fully saturated rings. The number of nitrogens with one attached hydrogen (secondary N) is 2. The van der Waals surface area contributed by atoms with E-state index in [0.29, 0.717) is 0 Å². The van der Waals surface area contributed by atoms with E-state index in [9.17, 15) is 39.4 Å². The van der Waals surface area contributed by atoms with Gasteiger partial charge >= 0.3 is 24.1 Å². The second-order valence-corrected chi connectivity index (χ2v) is 14.1. The highest BCUT2D eigenvalue weighted by Gasteiger charge is 2.26. The molecule has 0 aliphatic rings. The molecular formula is C34H42Cl2N4O14. The van der Waals surface area contributed by atoms with Crippen molar-refractivity contribution in [2.45, 2.75) is 77.7 Å². The third-order valence-electron chi connectivity index (χ3n) is 6.61. The first-order chi connectivity index (χ1) is 25.0. The van der Waals surface area contributed by atoms with Gasteiger partial charge in [-0.25, -0.2) is 19.2 Å². The fourth-order valence-electron chi connectivity index (χ4n) is 4.30. The summed E-state index contributed by atoms with van der Waals surface area (Å²) in [5.41, 5.74) is -3.32.